The lowest BCUT2D eigenvalue weighted by molar-refractivity contribution is -0.118. The minimum absolute atomic E-state index is 0.0208. The summed E-state index contributed by atoms with van der Waals surface area (Å²) in [5.41, 5.74) is 0.677. The van der Waals surface area contributed by atoms with Gasteiger partial charge in [-0.05, 0) is 33.1 Å². The highest BCUT2D eigenvalue weighted by atomic mass is 16.1. The number of carbonyl (C=O) groups excluding carboxylic acids is 1. The van der Waals surface area contributed by atoms with Crippen molar-refractivity contribution in [3.63, 3.8) is 0 Å². The largest absolute Gasteiger partial charge is 0.348 e. The molecule has 0 heterocycles. The predicted molar refractivity (Wildman–Crippen MR) is 61.1 cm³/mol. The Morgan fingerprint density at radius 3 is 1.79 bits per heavy atom. The van der Waals surface area contributed by atoms with Gasteiger partial charge in [0.05, 0.1) is 0 Å². The molecule has 0 fully saturated rings. The standard InChI is InChI=1S/C12H23NO/c1-9(8-11(2,3)4)10(14)13-12(5,6)7/h8H,1-7H3,(H,13,14)/b9-8+. The summed E-state index contributed by atoms with van der Waals surface area (Å²) in [7, 11) is 0. The Labute approximate surface area is 87.8 Å². The van der Waals surface area contributed by atoms with Crippen LogP contribution in [0.4, 0.5) is 0 Å². The molecule has 0 bridgehead atoms. The quantitative estimate of drug-likeness (QED) is 0.643. The normalized spacial score (nSPS) is 14.1. The van der Waals surface area contributed by atoms with E-state index in [1.54, 1.807) is 0 Å². The molecule has 0 spiro atoms. The first-order valence-corrected chi connectivity index (χ1v) is 5.03. The maximum Gasteiger partial charge on any atom is 0.247 e. The summed E-state index contributed by atoms with van der Waals surface area (Å²) in [5, 5.41) is 2.93. The van der Waals surface area contributed by atoms with E-state index in [-0.39, 0.29) is 16.9 Å². The molecule has 0 atom stereocenters. The van der Waals surface area contributed by atoms with Crippen LogP contribution in [0.3, 0.4) is 0 Å². The first-order chi connectivity index (χ1) is 6.01. The smallest absolute Gasteiger partial charge is 0.247 e. The number of allylic oxidation sites excluding steroid dienone is 1. The van der Waals surface area contributed by atoms with Crippen LogP contribution < -0.4 is 5.32 Å². The maximum absolute atomic E-state index is 11.7. The minimum Gasteiger partial charge on any atom is -0.348 e. The molecule has 0 aromatic rings. The number of hydrogen-bond acceptors (Lipinski definition) is 1. The van der Waals surface area contributed by atoms with Crippen molar-refractivity contribution in [3.8, 4) is 0 Å². The van der Waals surface area contributed by atoms with Gasteiger partial charge in [0.25, 0.3) is 0 Å². The van der Waals surface area contributed by atoms with Crippen molar-refractivity contribution in [1.82, 2.24) is 5.32 Å². The van der Waals surface area contributed by atoms with E-state index in [1.807, 2.05) is 33.8 Å². The Bertz CT molecular complexity index is 238. The van der Waals surface area contributed by atoms with Gasteiger partial charge in [-0.3, -0.25) is 4.79 Å². The van der Waals surface area contributed by atoms with Gasteiger partial charge in [-0.2, -0.15) is 0 Å². The fraction of sp³-hybridized carbons (Fsp3) is 0.750. The lowest BCUT2D eigenvalue weighted by Crippen LogP contribution is -2.41. The average molecular weight is 197 g/mol. The first kappa shape index (κ1) is 13.2. The van der Waals surface area contributed by atoms with Crippen molar-refractivity contribution >= 4 is 5.91 Å². The van der Waals surface area contributed by atoms with E-state index >= 15 is 0 Å². The zero-order valence-corrected chi connectivity index (χ0v) is 10.5. The summed E-state index contributed by atoms with van der Waals surface area (Å²) in [4.78, 5) is 11.7. The highest BCUT2D eigenvalue weighted by Gasteiger charge is 2.16. The van der Waals surface area contributed by atoms with Gasteiger partial charge in [-0.25, -0.2) is 0 Å². The average Bonchev–Trinajstić information content (AvgIpc) is 1.78. The molecule has 0 aliphatic carbocycles. The summed E-state index contributed by atoms with van der Waals surface area (Å²) in [5.74, 6) is 0.0208. The Morgan fingerprint density at radius 2 is 1.50 bits per heavy atom. The molecule has 0 saturated carbocycles. The van der Waals surface area contributed by atoms with Crippen LogP contribution in [0.2, 0.25) is 0 Å². The molecule has 82 valence electrons. The fourth-order valence-corrected chi connectivity index (χ4v) is 1.15. The number of nitrogens with one attached hydrogen (secondary N) is 1. The van der Waals surface area contributed by atoms with Gasteiger partial charge in [0.15, 0.2) is 0 Å². The number of rotatable bonds is 1. The summed E-state index contributed by atoms with van der Waals surface area (Å²) >= 11 is 0. The van der Waals surface area contributed by atoms with Crippen LogP contribution in [0.15, 0.2) is 11.6 Å². The third-order valence-corrected chi connectivity index (χ3v) is 1.50. The molecule has 2 nitrogen and oxygen atoms in total. The number of hydrogen-bond donors (Lipinski definition) is 1. The minimum atomic E-state index is -0.163. The number of carbonyl (C=O) groups is 1. The maximum atomic E-state index is 11.7. The van der Waals surface area contributed by atoms with Crippen LogP contribution in [0.25, 0.3) is 0 Å². The highest BCUT2D eigenvalue weighted by Crippen LogP contribution is 2.17. The molecule has 0 aliphatic rings. The highest BCUT2D eigenvalue weighted by molar-refractivity contribution is 5.93. The second kappa shape index (κ2) is 4.16. The molecule has 0 unspecified atom stereocenters. The van der Waals surface area contributed by atoms with E-state index < -0.39 is 0 Å². The molecule has 0 radical (unpaired) electrons. The van der Waals surface area contributed by atoms with Gasteiger partial charge in [-0.15, -0.1) is 0 Å². The summed E-state index contributed by atoms with van der Waals surface area (Å²) in [6.45, 7) is 14.1. The van der Waals surface area contributed by atoms with Gasteiger partial charge in [0, 0.05) is 11.1 Å². The number of amides is 1. The Hall–Kier alpha value is -0.790. The summed E-state index contributed by atoms with van der Waals surface area (Å²) in [6.07, 6.45) is 1.99. The van der Waals surface area contributed by atoms with E-state index in [4.69, 9.17) is 0 Å². The lowest BCUT2D eigenvalue weighted by Gasteiger charge is -2.22. The lowest BCUT2D eigenvalue weighted by atomic mass is 9.93. The predicted octanol–water partition coefficient (Wildman–Crippen LogP) is 2.89. The molecule has 14 heavy (non-hydrogen) atoms. The summed E-state index contributed by atoms with van der Waals surface area (Å²) < 4.78 is 0. The van der Waals surface area contributed by atoms with Crippen molar-refractivity contribution in [2.45, 2.75) is 54.0 Å². The van der Waals surface area contributed by atoms with Gasteiger partial charge in [0.2, 0.25) is 5.91 Å². The molecule has 2 heteroatoms. The molecule has 0 saturated heterocycles. The van der Waals surface area contributed by atoms with E-state index in [9.17, 15) is 4.79 Å². The van der Waals surface area contributed by atoms with Crippen LogP contribution >= 0.6 is 0 Å². The fourth-order valence-electron chi connectivity index (χ4n) is 1.15. The van der Waals surface area contributed by atoms with Gasteiger partial charge >= 0.3 is 0 Å². The van der Waals surface area contributed by atoms with E-state index in [0.717, 1.165) is 5.57 Å². The topological polar surface area (TPSA) is 29.1 Å². The van der Waals surface area contributed by atoms with Gasteiger partial charge in [0.1, 0.15) is 0 Å². The van der Waals surface area contributed by atoms with Crippen molar-refractivity contribution < 1.29 is 4.79 Å². The van der Waals surface area contributed by atoms with Crippen molar-refractivity contribution in [1.29, 1.82) is 0 Å². The van der Waals surface area contributed by atoms with Crippen LogP contribution in [0, 0.1) is 5.41 Å². The molecule has 1 amide bonds. The molecule has 0 aromatic carbocycles. The molecule has 0 aromatic heterocycles. The van der Waals surface area contributed by atoms with Crippen molar-refractivity contribution in [2.75, 3.05) is 0 Å². The third kappa shape index (κ3) is 6.70. The Morgan fingerprint density at radius 1 is 1.07 bits per heavy atom. The van der Waals surface area contributed by atoms with Crippen molar-refractivity contribution in [3.05, 3.63) is 11.6 Å². The zero-order chi connectivity index (χ0) is 11.6. The Balaban J connectivity index is 4.50. The van der Waals surface area contributed by atoms with Crippen LogP contribution in [0.5, 0.6) is 0 Å². The monoisotopic (exact) mass is 197 g/mol. The van der Waals surface area contributed by atoms with Crippen molar-refractivity contribution in [2.24, 2.45) is 5.41 Å². The third-order valence-electron chi connectivity index (χ3n) is 1.50. The zero-order valence-electron chi connectivity index (χ0n) is 10.5. The molecule has 0 rings (SSSR count). The van der Waals surface area contributed by atoms with Crippen LogP contribution in [-0.4, -0.2) is 11.4 Å². The molecule has 1 N–H and O–H groups in total. The SMILES string of the molecule is C/C(=C\C(C)(C)C)C(=O)NC(C)(C)C. The van der Waals surface area contributed by atoms with Crippen LogP contribution in [-0.2, 0) is 4.79 Å². The second-order valence-electron chi connectivity index (χ2n) is 5.90. The summed E-state index contributed by atoms with van der Waals surface area (Å²) in [6, 6.07) is 0. The molecule has 0 aliphatic heterocycles. The van der Waals surface area contributed by atoms with E-state index in [0.29, 0.717) is 0 Å². The second-order valence-corrected chi connectivity index (χ2v) is 5.90. The first-order valence-electron chi connectivity index (χ1n) is 5.03. The molecular weight excluding hydrogens is 174 g/mol. The van der Waals surface area contributed by atoms with E-state index in [1.165, 1.54) is 0 Å². The Kier molecular flexibility index (Phi) is 3.92. The van der Waals surface area contributed by atoms with E-state index in [2.05, 4.69) is 26.1 Å². The van der Waals surface area contributed by atoms with Gasteiger partial charge in [-0.1, -0.05) is 26.8 Å². The molecular formula is C12H23NO. The van der Waals surface area contributed by atoms with Gasteiger partial charge < -0.3 is 5.32 Å². The van der Waals surface area contributed by atoms with Crippen LogP contribution in [0.1, 0.15) is 48.5 Å².